The summed E-state index contributed by atoms with van der Waals surface area (Å²) in [5.41, 5.74) is 1.54. The van der Waals surface area contributed by atoms with Crippen molar-refractivity contribution in [3.63, 3.8) is 0 Å². The van der Waals surface area contributed by atoms with Crippen molar-refractivity contribution in [2.45, 2.75) is 33.6 Å². The molecule has 0 saturated heterocycles. The maximum absolute atomic E-state index is 10.6. The number of ether oxygens (including phenoxy) is 1. The molecule has 1 unspecified atom stereocenters. The van der Waals surface area contributed by atoms with Crippen molar-refractivity contribution in [2.75, 3.05) is 6.61 Å². The molecule has 0 radical (unpaired) electrons. The van der Waals surface area contributed by atoms with Gasteiger partial charge < -0.3 is 4.74 Å². The van der Waals surface area contributed by atoms with Gasteiger partial charge in [-0.3, -0.25) is 4.79 Å². The van der Waals surface area contributed by atoms with Gasteiger partial charge in [-0.15, -0.1) is 0 Å². The van der Waals surface area contributed by atoms with Crippen molar-refractivity contribution in [3.8, 4) is 0 Å². The molecule has 14 heavy (non-hydrogen) atoms. The molecule has 0 N–H and O–H groups in total. The Morgan fingerprint density at radius 1 is 1.64 bits per heavy atom. The lowest BCUT2D eigenvalue weighted by atomic mass is 9.75. The molecule has 0 saturated carbocycles. The van der Waals surface area contributed by atoms with E-state index in [2.05, 4.69) is 32.1 Å². The van der Waals surface area contributed by atoms with Crippen LogP contribution in [0.3, 0.4) is 0 Å². The first-order chi connectivity index (χ1) is 6.54. The maximum Gasteiger partial charge on any atom is 0.302 e. The zero-order valence-electron chi connectivity index (χ0n) is 9.17. The van der Waals surface area contributed by atoms with Crippen LogP contribution in [0.4, 0.5) is 0 Å². The fraction of sp³-hybridized carbons (Fsp3) is 0.583. The van der Waals surface area contributed by atoms with Crippen LogP contribution in [-0.2, 0) is 9.53 Å². The lowest BCUT2D eigenvalue weighted by Crippen LogP contribution is -2.21. The minimum Gasteiger partial charge on any atom is -0.466 e. The van der Waals surface area contributed by atoms with E-state index in [0.717, 1.165) is 12.8 Å². The van der Waals surface area contributed by atoms with E-state index >= 15 is 0 Å². The molecule has 2 heteroatoms. The van der Waals surface area contributed by atoms with Crippen molar-refractivity contribution >= 4 is 5.97 Å². The van der Waals surface area contributed by atoms with Gasteiger partial charge in [0.15, 0.2) is 0 Å². The van der Waals surface area contributed by atoms with Crippen LogP contribution in [0.5, 0.6) is 0 Å². The van der Waals surface area contributed by atoms with E-state index < -0.39 is 0 Å². The molecule has 0 fully saturated rings. The van der Waals surface area contributed by atoms with Crippen LogP contribution in [0, 0.1) is 5.41 Å². The molecule has 0 aromatic carbocycles. The normalized spacial score (nSPS) is 25.8. The van der Waals surface area contributed by atoms with Gasteiger partial charge in [-0.1, -0.05) is 30.7 Å². The van der Waals surface area contributed by atoms with E-state index in [1.165, 1.54) is 12.5 Å². The van der Waals surface area contributed by atoms with E-state index in [1.807, 2.05) is 0 Å². The summed E-state index contributed by atoms with van der Waals surface area (Å²) >= 11 is 0. The topological polar surface area (TPSA) is 26.3 Å². The number of carbonyl (C=O) groups is 1. The van der Waals surface area contributed by atoms with Crippen LogP contribution in [0.25, 0.3) is 0 Å². The van der Waals surface area contributed by atoms with Gasteiger partial charge in [0.1, 0.15) is 0 Å². The Morgan fingerprint density at radius 3 is 2.93 bits per heavy atom. The quantitative estimate of drug-likeness (QED) is 0.646. The highest BCUT2D eigenvalue weighted by atomic mass is 16.5. The van der Waals surface area contributed by atoms with Crippen LogP contribution in [0.1, 0.15) is 33.6 Å². The Hall–Kier alpha value is -1.05. The summed E-state index contributed by atoms with van der Waals surface area (Å²) in [5.74, 6) is -0.193. The lowest BCUT2D eigenvalue weighted by molar-refractivity contribution is -0.141. The van der Waals surface area contributed by atoms with Crippen molar-refractivity contribution in [1.29, 1.82) is 0 Å². The second kappa shape index (κ2) is 4.45. The molecule has 1 atom stereocenters. The zero-order valence-corrected chi connectivity index (χ0v) is 9.17. The van der Waals surface area contributed by atoms with Crippen molar-refractivity contribution in [2.24, 2.45) is 5.41 Å². The molecule has 1 rings (SSSR count). The van der Waals surface area contributed by atoms with E-state index in [1.54, 1.807) is 0 Å². The third-order valence-corrected chi connectivity index (χ3v) is 2.96. The van der Waals surface area contributed by atoms with Crippen molar-refractivity contribution < 1.29 is 9.53 Å². The predicted molar refractivity (Wildman–Crippen MR) is 56.9 cm³/mol. The number of carbonyl (C=O) groups excluding carboxylic acids is 1. The summed E-state index contributed by atoms with van der Waals surface area (Å²) in [7, 11) is 0. The third-order valence-electron chi connectivity index (χ3n) is 2.96. The van der Waals surface area contributed by atoms with Gasteiger partial charge in [-0.2, -0.15) is 0 Å². The molecule has 78 valence electrons. The minimum absolute atomic E-state index is 0.171. The Kier molecular flexibility index (Phi) is 3.50. The summed E-state index contributed by atoms with van der Waals surface area (Å²) in [6.45, 7) is 6.32. The van der Waals surface area contributed by atoms with Crippen molar-refractivity contribution in [1.82, 2.24) is 0 Å². The number of esters is 1. The molecule has 0 aromatic rings. The van der Waals surface area contributed by atoms with E-state index in [-0.39, 0.29) is 11.4 Å². The second-order valence-electron chi connectivity index (χ2n) is 4.13. The first-order valence-corrected chi connectivity index (χ1v) is 5.02. The van der Waals surface area contributed by atoms with Gasteiger partial charge in [0.2, 0.25) is 0 Å². The summed E-state index contributed by atoms with van der Waals surface area (Å²) in [6.07, 6.45) is 8.33. The summed E-state index contributed by atoms with van der Waals surface area (Å²) in [4.78, 5) is 10.6. The first kappa shape index (κ1) is 11.0. The average molecular weight is 194 g/mol. The molecule has 2 nitrogen and oxygen atoms in total. The first-order valence-electron chi connectivity index (χ1n) is 5.02. The molecule has 1 aliphatic carbocycles. The van der Waals surface area contributed by atoms with Gasteiger partial charge in [0.25, 0.3) is 0 Å². The summed E-state index contributed by atoms with van der Waals surface area (Å²) < 4.78 is 4.97. The van der Waals surface area contributed by atoms with Crippen LogP contribution >= 0.6 is 0 Å². The Bertz CT molecular complexity index is 276. The molecule has 0 spiro atoms. The standard InChI is InChI=1S/C12H18O2/c1-10-6-4-5-7-12(10,3)8-9-14-11(2)13/h4-6H,7-9H2,1-3H3. The van der Waals surface area contributed by atoms with Gasteiger partial charge in [-0.25, -0.2) is 0 Å². The fourth-order valence-electron chi connectivity index (χ4n) is 1.62. The number of hydrogen-bond acceptors (Lipinski definition) is 2. The van der Waals surface area contributed by atoms with Crippen molar-refractivity contribution in [3.05, 3.63) is 23.8 Å². The highest BCUT2D eigenvalue weighted by molar-refractivity contribution is 5.65. The SMILES string of the molecule is CC(=O)OCCC1(C)CC=CC=C1C. The summed E-state index contributed by atoms with van der Waals surface area (Å²) in [6, 6.07) is 0. The van der Waals surface area contributed by atoms with E-state index in [9.17, 15) is 4.79 Å². The second-order valence-corrected chi connectivity index (χ2v) is 4.13. The third kappa shape index (κ3) is 2.72. The van der Waals surface area contributed by atoms with Gasteiger partial charge in [0.05, 0.1) is 6.61 Å². The predicted octanol–water partition coefficient (Wildman–Crippen LogP) is 2.85. The molecule has 0 amide bonds. The maximum atomic E-state index is 10.6. The number of allylic oxidation sites excluding steroid dienone is 4. The van der Waals surface area contributed by atoms with Crippen LogP contribution < -0.4 is 0 Å². The van der Waals surface area contributed by atoms with Gasteiger partial charge in [-0.05, 0) is 25.2 Å². The van der Waals surface area contributed by atoms with Gasteiger partial charge >= 0.3 is 5.97 Å². The number of hydrogen-bond donors (Lipinski definition) is 0. The Morgan fingerprint density at radius 2 is 2.36 bits per heavy atom. The average Bonchev–Trinajstić information content (AvgIpc) is 2.10. The molecule has 1 aliphatic rings. The molecular weight excluding hydrogens is 176 g/mol. The lowest BCUT2D eigenvalue weighted by Gasteiger charge is -2.31. The summed E-state index contributed by atoms with van der Waals surface area (Å²) in [5, 5.41) is 0. The smallest absolute Gasteiger partial charge is 0.302 e. The van der Waals surface area contributed by atoms with Gasteiger partial charge in [0, 0.05) is 6.92 Å². The van der Waals surface area contributed by atoms with Crippen LogP contribution in [-0.4, -0.2) is 12.6 Å². The Balaban J connectivity index is 2.46. The molecule has 0 aromatic heterocycles. The highest BCUT2D eigenvalue weighted by Gasteiger charge is 2.26. The zero-order chi connectivity index (χ0) is 10.6. The molecule has 0 aliphatic heterocycles. The molecular formula is C12H18O2. The van der Waals surface area contributed by atoms with Crippen LogP contribution in [0.15, 0.2) is 23.8 Å². The van der Waals surface area contributed by atoms with E-state index in [0.29, 0.717) is 6.61 Å². The van der Waals surface area contributed by atoms with Crippen LogP contribution in [0.2, 0.25) is 0 Å². The number of rotatable bonds is 3. The largest absolute Gasteiger partial charge is 0.466 e. The molecule has 0 bridgehead atoms. The van der Waals surface area contributed by atoms with E-state index in [4.69, 9.17) is 4.74 Å². The minimum atomic E-state index is -0.193. The highest BCUT2D eigenvalue weighted by Crippen LogP contribution is 2.37. The fourth-order valence-corrected chi connectivity index (χ4v) is 1.62. The Labute approximate surface area is 85.6 Å². The monoisotopic (exact) mass is 194 g/mol. The molecule has 0 heterocycles.